The number of amides is 1. The van der Waals surface area contributed by atoms with Crippen molar-refractivity contribution in [3.8, 4) is 5.69 Å². The van der Waals surface area contributed by atoms with E-state index in [1.165, 1.54) is 12.6 Å². The minimum atomic E-state index is -0.201. The second-order valence-electron chi connectivity index (χ2n) is 9.59. The molecule has 0 saturated heterocycles. The summed E-state index contributed by atoms with van der Waals surface area (Å²) in [4.78, 5) is 24.9. The number of rotatable bonds is 4. The van der Waals surface area contributed by atoms with E-state index in [4.69, 9.17) is 5.10 Å². The highest BCUT2D eigenvalue weighted by Crippen LogP contribution is 2.68. The van der Waals surface area contributed by atoms with Crippen LogP contribution in [0.2, 0.25) is 0 Å². The minimum Gasteiger partial charge on any atom is -0.321 e. The lowest BCUT2D eigenvalue weighted by Crippen LogP contribution is -2.33. The molecule has 2 aliphatic carbocycles. The van der Waals surface area contributed by atoms with E-state index in [0.29, 0.717) is 22.9 Å². The molecular formula is C26H27N3O2. The van der Waals surface area contributed by atoms with Gasteiger partial charge in [0.25, 0.3) is 5.91 Å². The molecule has 2 aliphatic rings. The monoisotopic (exact) mass is 413 g/mol. The number of fused-ring (bicyclic) bond motifs is 5. The van der Waals surface area contributed by atoms with Crippen molar-refractivity contribution in [3.05, 3.63) is 77.1 Å². The average Bonchev–Trinajstić information content (AvgIpc) is 3.31. The molecule has 5 heteroatoms. The van der Waals surface area contributed by atoms with E-state index in [1.54, 1.807) is 24.3 Å². The van der Waals surface area contributed by atoms with Gasteiger partial charge in [0.05, 0.1) is 11.4 Å². The number of anilines is 1. The van der Waals surface area contributed by atoms with E-state index >= 15 is 0 Å². The van der Waals surface area contributed by atoms with Crippen LogP contribution in [0.15, 0.2) is 54.6 Å². The molecule has 2 atom stereocenters. The van der Waals surface area contributed by atoms with Gasteiger partial charge in [0.2, 0.25) is 0 Å². The quantitative estimate of drug-likeness (QED) is 0.574. The Morgan fingerprint density at radius 1 is 1.03 bits per heavy atom. The summed E-state index contributed by atoms with van der Waals surface area (Å²) in [7, 11) is 0. The predicted octanol–water partition coefficient (Wildman–Crippen LogP) is 5.50. The Morgan fingerprint density at radius 3 is 2.35 bits per heavy atom. The summed E-state index contributed by atoms with van der Waals surface area (Å²) in [5.41, 5.74) is 5.08. The molecule has 1 fully saturated rings. The molecule has 0 aliphatic heterocycles. The second-order valence-corrected chi connectivity index (χ2v) is 9.59. The molecule has 0 unspecified atom stereocenters. The second kappa shape index (κ2) is 6.64. The van der Waals surface area contributed by atoms with Crippen LogP contribution >= 0.6 is 0 Å². The van der Waals surface area contributed by atoms with Crippen LogP contribution in [0.5, 0.6) is 0 Å². The Bertz CT molecular complexity index is 1190. The number of nitrogens with zero attached hydrogens (tertiary/aromatic N) is 2. The number of Topliss-reactive ketones (excluding diaryl/α,β-unsaturated/α-hetero) is 1. The zero-order valence-corrected chi connectivity index (χ0v) is 18.4. The molecule has 5 rings (SSSR count). The van der Waals surface area contributed by atoms with Crippen molar-refractivity contribution in [1.29, 1.82) is 0 Å². The summed E-state index contributed by atoms with van der Waals surface area (Å²) < 4.78 is 1.99. The lowest BCUT2D eigenvalue weighted by molar-refractivity contribution is 0.101. The van der Waals surface area contributed by atoms with Gasteiger partial charge in [-0.15, -0.1) is 0 Å². The molecule has 1 aromatic heterocycles. The molecule has 158 valence electrons. The van der Waals surface area contributed by atoms with Crippen LogP contribution in [0.3, 0.4) is 0 Å². The number of carbonyl (C=O) groups excluding carboxylic acids is 2. The third kappa shape index (κ3) is 2.72. The van der Waals surface area contributed by atoms with Gasteiger partial charge in [-0.05, 0) is 67.5 Å². The number of nitrogens with one attached hydrogen (secondary N) is 1. The molecule has 5 nitrogen and oxygen atoms in total. The van der Waals surface area contributed by atoms with Crippen molar-refractivity contribution >= 4 is 17.4 Å². The highest BCUT2D eigenvalue weighted by Gasteiger charge is 2.63. The summed E-state index contributed by atoms with van der Waals surface area (Å²) in [6.45, 7) is 8.50. The fourth-order valence-electron chi connectivity index (χ4n) is 5.62. The van der Waals surface area contributed by atoms with Gasteiger partial charge in [-0.1, -0.05) is 39.0 Å². The molecule has 0 radical (unpaired) electrons. The largest absolute Gasteiger partial charge is 0.321 e. The first-order valence-electron chi connectivity index (χ1n) is 10.9. The number of carbonyl (C=O) groups is 2. The maximum atomic E-state index is 13.4. The van der Waals surface area contributed by atoms with Crippen LogP contribution in [0, 0.1) is 5.41 Å². The molecular weight excluding hydrogens is 386 g/mol. The van der Waals surface area contributed by atoms with Crippen molar-refractivity contribution in [2.24, 2.45) is 5.41 Å². The Morgan fingerprint density at radius 2 is 1.71 bits per heavy atom. The fraction of sp³-hybridized carbons (Fsp3) is 0.346. The maximum absolute atomic E-state index is 13.4. The Kier molecular flexibility index (Phi) is 4.23. The molecule has 2 aromatic carbocycles. The van der Waals surface area contributed by atoms with E-state index in [1.807, 2.05) is 35.0 Å². The van der Waals surface area contributed by atoms with Crippen LogP contribution in [0.25, 0.3) is 5.69 Å². The smallest absolute Gasteiger partial charge is 0.276 e. The standard InChI is InChI=1S/C26H27N3O2/c1-16(30)17-10-12-18(13-11-17)27-24(31)22-21-20-14-15-26(4,25(20,2)3)23(21)29(28-22)19-8-6-5-7-9-19/h5-13,20H,14-15H2,1-4H3,(H,27,31)/t20-,26+/m0/s1. The third-order valence-electron chi connectivity index (χ3n) is 7.78. The minimum absolute atomic E-state index is 0.00352. The van der Waals surface area contributed by atoms with Crippen LogP contribution in [0.1, 0.15) is 78.6 Å². The van der Waals surface area contributed by atoms with Gasteiger partial charge in [0, 0.05) is 22.2 Å². The Balaban J connectivity index is 1.59. The van der Waals surface area contributed by atoms with Gasteiger partial charge in [-0.3, -0.25) is 9.59 Å². The van der Waals surface area contributed by atoms with Crippen LogP contribution in [-0.2, 0) is 5.41 Å². The molecule has 1 saturated carbocycles. The molecule has 2 bridgehead atoms. The van der Waals surface area contributed by atoms with Crippen molar-refractivity contribution in [2.75, 3.05) is 5.32 Å². The number of hydrogen-bond acceptors (Lipinski definition) is 3. The van der Waals surface area contributed by atoms with E-state index in [-0.39, 0.29) is 22.5 Å². The molecule has 0 spiro atoms. The van der Waals surface area contributed by atoms with Crippen LogP contribution in [-0.4, -0.2) is 21.5 Å². The highest BCUT2D eigenvalue weighted by molar-refractivity contribution is 6.05. The Labute approximate surface area is 182 Å². The summed E-state index contributed by atoms with van der Waals surface area (Å²) in [6, 6.07) is 17.1. The summed E-state index contributed by atoms with van der Waals surface area (Å²) in [5, 5.41) is 7.84. The first kappa shape index (κ1) is 19.7. The molecule has 3 aromatic rings. The molecule has 31 heavy (non-hydrogen) atoms. The number of hydrogen-bond donors (Lipinski definition) is 1. The van der Waals surface area contributed by atoms with E-state index < -0.39 is 0 Å². The van der Waals surface area contributed by atoms with Gasteiger partial charge < -0.3 is 5.32 Å². The van der Waals surface area contributed by atoms with E-state index in [9.17, 15) is 9.59 Å². The first-order chi connectivity index (χ1) is 14.7. The van der Waals surface area contributed by atoms with Gasteiger partial charge in [-0.2, -0.15) is 5.10 Å². The fourth-order valence-corrected chi connectivity index (χ4v) is 5.62. The molecule has 1 amide bonds. The predicted molar refractivity (Wildman–Crippen MR) is 121 cm³/mol. The normalized spacial score (nSPS) is 22.9. The third-order valence-corrected chi connectivity index (χ3v) is 7.78. The van der Waals surface area contributed by atoms with Gasteiger partial charge in [0.15, 0.2) is 11.5 Å². The summed E-state index contributed by atoms with van der Waals surface area (Å²) >= 11 is 0. The average molecular weight is 414 g/mol. The molecule has 1 heterocycles. The van der Waals surface area contributed by atoms with Crippen molar-refractivity contribution in [2.45, 2.75) is 51.9 Å². The SMILES string of the molecule is CC(=O)c1ccc(NC(=O)c2nn(-c3ccccc3)c3c2[C@@H]2CC[C@@]3(C)C2(C)C)cc1. The number of ketones is 1. The topological polar surface area (TPSA) is 64.0 Å². The van der Waals surface area contributed by atoms with Gasteiger partial charge >= 0.3 is 0 Å². The van der Waals surface area contributed by atoms with Crippen LogP contribution < -0.4 is 5.32 Å². The van der Waals surface area contributed by atoms with Crippen molar-refractivity contribution in [3.63, 3.8) is 0 Å². The number of aromatic nitrogens is 2. The lowest BCUT2D eigenvalue weighted by Gasteiger charge is -2.35. The van der Waals surface area contributed by atoms with Crippen LogP contribution in [0.4, 0.5) is 5.69 Å². The van der Waals surface area contributed by atoms with Gasteiger partial charge in [0.1, 0.15) is 0 Å². The maximum Gasteiger partial charge on any atom is 0.276 e. The van der Waals surface area contributed by atoms with Crippen molar-refractivity contribution < 1.29 is 9.59 Å². The Hall–Kier alpha value is -3.21. The summed E-state index contributed by atoms with van der Waals surface area (Å²) in [5.74, 6) is 0.114. The highest BCUT2D eigenvalue weighted by atomic mass is 16.2. The molecule has 1 N–H and O–H groups in total. The van der Waals surface area contributed by atoms with E-state index in [2.05, 4.69) is 26.1 Å². The first-order valence-corrected chi connectivity index (χ1v) is 10.9. The zero-order valence-electron chi connectivity index (χ0n) is 18.4. The van der Waals surface area contributed by atoms with Crippen molar-refractivity contribution in [1.82, 2.24) is 9.78 Å². The lowest BCUT2D eigenvalue weighted by atomic mass is 9.70. The number of para-hydroxylation sites is 1. The number of benzene rings is 2. The zero-order chi connectivity index (χ0) is 22.0. The van der Waals surface area contributed by atoms with E-state index in [0.717, 1.165) is 24.1 Å². The summed E-state index contributed by atoms with van der Waals surface area (Å²) in [6.07, 6.45) is 2.17. The van der Waals surface area contributed by atoms with Gasteiger partial charge in [-0.25, -0.2) is 4.68 Å².